The highest BCUT2D eigenvalue weighted by atomic mass is 32.2. The molecule has 0 aromatic heterocycles. The van der Waals surface area contributed by atoms with E-state index >= 15 is 0 Å². The summed E-state index contributed by atoms with van der Waals surface area (Å²) < 4.78 is 33.3. The summed E-state index contributed by atoms with van der Waals surface area (Å²) in [5, 5.41) is 0. The number of hydrogen-bond donors (Lipinski definition) is 0. The average molecular weight is 385 g/mol. The lowest BCUT2D eigenvalue weighted by molar-refractivity contribution is 0.0925. The van der Waals surface area contributed by atoms with Crippen molar-refractivity contribution in [1.82, 2.24) is 13.5 Å². The molecule has 1 aliphatic heterocycles. The van der Waals surface area contributed by atoms with Crippen LogP contribution in [0.1, 0.15) is 12.5 Å². The summed E-state index contributed by atoms with van der Waals surface area (Å²) in [6.45, 7) is 3.57. The molecule has 1 aromatic rings. The molecule has 1 heterocycles. The minimum Gasteiger partial charge on any atom is -0.450 e. The van der Waals surface area contributed by atoms with Gasteiger partial charge in [0.2, 0.25) is 0 Å². The second kappa shape index (κ2) is 8.70. The second-order valence-electron chi connectivity index (χ2n) is 6.41. The molecule has 8 nitrogen and oxygen atoms in total. The Hall–Kier alpha value is -1.84. The first-order chi connectivity index (χ1) is 12.3. The fourth-order valence-electron chi connectivity index (χ4n) is 2.75. The average Bonchev–Trinajstić information content (AvgIpc) is 2.62. The van der Waals surface area contributed by atoms with Gasteiger partial charge in [0.15, 0.2) is 0 Å². The van der Waals surface area contributed by atoms with E-state index in [0.29, 0.717) is 26.2 Å². The van der Waals surface area contributed by atoms with Crippen LogP contribution < -0.4 is 4.90 Å². The first-order valence-electron chi connectivity index (χ1n) is 8.65. The fourth-order valence-corrected chi connectivity index (χ4v) is 4.08. The number of amides is 1. The number of carbonyl (C=O) groups is 1. The molecule has 26 heavy (non-hydrogen) atoms. The van der Waals surface area contributed by atoms with E-state index in [1.165, 1.54) is 13.5 Å². The van der Waals surface area contributed by atoms with Gasteiger partial charge in [-0.3, -0.25) is 0 Å². The molecule has 1 fully saturated rings. The number of benzene rings is 1. The Kier molecular flexibility index (Phi) is 6.85. The van der Waals surface area contributed by atoms with E-state index in [2.05, 4.69) is 0 Å². The van der Waals surface area contributed by atoms with Gasteiger partial charge in [0.1, 0.15) is 0 Å². The van der Waals surface area contributed by atoms with E-state index in [4.69, 9.17) is 4.74 Å². The standard InChI is InChI=1S/C17H28N4O4S/c1-5-25-17(22)20-10-12-21(13-11-20)26(23,24)19(4)14-15-6-8-16(9-7-15)18(2)3/h6-9H,5,10-14H2,1-4H3. The van der Waals surface area contributed by atoms with Gasteiger partial charge in [-0.15, -0.1) is 0 Å². The third-order valence-electron chi connectivity index (χ3n) is 4.34. The maximum Gasteiger partial charge on any atom is 0.409 e. The predicted molar refractivity (Wildman–Crippen MR) is 101 cm³/mol. The Morgan fingerprint density at radius 3 is 2.15 bits per heavy atom. The van der Waals surface area contributed by atoms with Gasteiger partial charge in [-0.25, -0.2) is 4.79 Å². The molecule has 0 unspecified atom stereocenters. The Bertz CT molecular complexity index is 698. The largest absolute Gasteiger partial charge is 0.450 e. The van der Waals surface area contributed by atoms with Crippen molar-refractivity contribution in [2.24, 2.45) is 0 Å². The lowest BCUT2D eigenvalue weighted by Gasteiger charge is -2.35. The van der Waals surface area contributed by atoms with Crippen LogP contribution in [0, 0.1) is 0 Å². The van der Waals surface area contributed by atoms with Crippen molar-refractivity contribution in [2.75, 3.05) is 58.8 Å². The highest BCUT2D eigenvalue weighted by Gasteiger charge is 2.32. The highest BCUT2D eigenvalue weighted by Crippen LogP contribution is 2.17. The van der Waals surface area contributed by atoms with Crippen LogP contribution in [-0.4, -0.2) is 82.0 Å². The van der Waals surface area contributed by atoms with E-state index < -0.39 is 10.2 Å². The molecule has 0 atom stereocenters. The number of rotatable bonds is 6. The summed E-state index contributed by atoms with van der Waals surface area (Å²) in [6.07, 6.45) is -0.390. The molecule has 1 aromatic carbocycles. The first-order valence-corrected chi connectivity index (χ1v) is 10.0. The fraction of sp³-hybridized carbons (Fsp3) is 0.588. The zero-order chi connectivity index (χ0) is 19.3. The van der Waals surface area contributed by atoms with Crippen LogP contribution in [0.5, 0.6) is 0 Å². The van der Waals surface area contributed by atoms with E-state index in [1.54, 1.807) is 14.0 Å². The molecule has 146 valence electrons. The van der Waals surface area contributed by atoms with E-state index in [-0.39, 0.29) is 19.2 Å². The van der Waals surface area contributed by atoms with Gasteiger partial charge < -0.3 is 14.5 Å². The molecule has 0 saturated carbocycles. The van der Waals surface area contributed by atoms with Crippen molar-refractivity contribution in [3.05, 3.63) is 29.8 Å². The maximum absolute atomic E-state index is 12.8. The number of nitrogens with zero attached hydrogens (tertiary/aromatic N) is 4. The number of anilines is 1. The molecule has 0 spiro atoms. The Morgan fingerprint density at radius 1 is 1.08 bits per heavy atom. The van der Waals surface area contributed by atoms with Gasteiger partial charge in [-0.2, -0.15) is 17.0 Å². The lowest BCUT2D eigenvalue weighted by Crippen LogP contribution is -2.53. The molecule has 2 rings (SSSR count). The van der Waals surface area contributed by atoms with Crippen LogP contribution in [0.2, 0.25) is 0 Å². The SMILES string of the molecule is CCOC(=O)N1CCN(S(=O)(=O)N(C)Cc2ccc(N(C)C)cc2)CC1. The van der Waals surface area contributed by atoms with Crippen molar-refractivity contribution in [1.29, 1.82) is 0 Å². The van der Waals surface area contributed by atoms with Crippen molar-refractivity contribution in [3.63, 3.8) is 0 Å². The number of ether oxygens (including phenoxy) is 1. The summed E-state index contributed by atoms with van der Waals surface area (Å²) in [5.74, 6) is 0. The van der Waals surface area contributed by atoms with Crippen LogP contribution in [0.4, 0.5) is 10.5 Å². The Labute approximate surface area is 156 Å². The Balaban J connectivity index is 1.95. The number of hydrogen-bond acceptors (Lipinski definition) is 5. The summed E-state index contributed by atoms with van der Waals surface area (Å²) in [6, 6.07) is 7.79. The molecule has 9 heteroatoms. The lowest BCUT2D eigenvalue weighted by atomic mass is 10.2. The third-order valence-corrected chi connectivity index (χ3v) is 6.28. The Morgan fingerprint density at radius 2 is 1.65 bits per heavy atom. The topological polar surface area (TPSA) is 73.4 Å². The summed E-state index contributed by atoms with van der Waals surface area (Å²) in [4.78, 5) is 15.3. The van der Waals surface area contributed by atoms with E-state index in [0.717, 1.165) is 11.3 Å². The van der Waals surface area contributed by atoms with Crippen LogP contribution >= 0.6 is 0 Å². The number of carbonyl (C=O) groups excluding carboxylic acids is 1. The zero-order valence-corrected chi connectivity index (χ0v) is 16.7. The van der Waals surface area contributed by atoms with Gasteiger partial charge in [-0.05, 0) is 24.6 Å². The molecular weight excluding hydrogens is 356 g/mol. The summed E-state index contributed by atoms with van der Waals surface area (Å²) >= 11 is 0. The quantitative estimate of drug-likeness (QED) is 0.737. The van der Waals surface area contributed by atoms with Crippen LogP contribution in [-0.2, 0) is 21.5 Å². The van der Waals surface area contributed by atoms with Gasteiger partial charge in [-0.1, -0.05) is 12.1 Å². The van der Waals surface area contributed by atoms with Crippen LogP contribution in [0.25, 0.3) is 0 Å². The predicted octanol–water partition coefficient (Wildman–Crippen LogP) is 1.20. The van der Waals surface area contributed by atoms with Crippen LogP contribution in [0.3, 0.4) is 0 Å². The van der Waals surface area contributed by atoms with Gasteiger partial charge >= 0.3 is 6.09 Å². The van der Waals surface area contributed by atoms with E-state index in [1.807, 2.05) is 43.3 Å². The molecule has 0 N–H and O–H groups in total. The second-order valence-corrected chi connectivity index (χ2v) is 8.45. The molecule has 0 aliphatic carbocycles. The third kappa shape index (κ3) is 4.87. The first kappa shape index (κ1) is 20.5. The molecule has 1 aliphatic rings. The molecule has 0 radical (unpaired) electrons. The van der Waals surface area contributed by atoms with Crippen LogP contribution in [0.15, 0.2) is 24.3 Å². The molecular formula is C17H28N4O4S. The summed E-state index contributed by atoms with van der Waals surface area (Å²) in [5.41, 5.74) is 1.99. The van der Waals surface area contributed by atoms with Gasteiger partial charge in [0.25, 0.3) is 10.2 Å². The summed E-state index contributed by atoms with van der Waals surface area (Å²) in [7, 11) is 1.93. The van der Waals surface area contributed by atoms with Gasteiger partial charge in [0, 0.05) is 59.6 Å². The van der Waals surface area contributed by atoms with Crippen molar-refractivity contribution in [3.8, 4) is 0 Å². The van der Waals surface area contributed by atoms with Crippen molar-refractivity contribution < 1.29 is 17.9 Å². The molecule has 1 amide bonds. The minimum atomic E-state index is -3.57. The smallest absolute Gasteiger partial charge is 0.409 e. The number of piperazine rings is 1. The molecule has 0 bridgehead atoms. The van der Waals surface area contributed by atoms with Gasteiger partial charge in [0.05, 0.1) is 6.61 Å². The minimum absolute atomic E-state index is 0.269. The zero-order valence-electron chi connectivity index (χ0n) is 15.9. The molecule has 1 saturated heterocycles. The highest BCUT2D eigenvalue weighted by molar-refractivity contribution is 7.86. The van der Waals surface area contributed by atoms with Crippen molar-refractivity contribution >= 4 is 22.0 Å². The van der Waals surface area contributed by atoms with E-state index in [9.17, 15) is 13.2 Å². The van der Waals surface area contributed by atoms with Crippen molar-refractivity contribution in [2.45, 2.75) is 13.5 Å². The monoisotopic (exact) mass is 384 g/mol. The normalized spacial score (nSPS) is 16.0. The maximum atomic E-state index is 12.8.